The Hall–Kier alpha value is -1.33. The van der Waals surface area contributed by atoms with Crippen molar-refractivity contribution in [2.75, 3.05) is 12.8 Å². The third kappa shape index (κ3) is 2.36. The van der Waals surface area contributed by atoms with Crippen molar-refractivity contribution < 1.29 is 4.39 Å². The molecule has 0 radical (unpaired) electrons. The maximum atomic E-state index is 13.5. The minimum atomic E-state index is -0.466. The number of fused-ring (bicyclic) bond motifs is 1. The summed E-state index contributed by atoms with van der Waals surface area (Å²) in [6.07, 6.45) is 2.52. The van der Waals surface area contributed by atoms with Crippen LogP contribution in [0.5, 0.6) is 0 Å². The van der Waals surface area contributed by atoms with E-state index in [9.17, 15) is 4.39 Å². The Morgan fingerprint density at radius 2 is 2.25 bits per heavy atom. The van der Waals surface area contributed by atoms with Crippen LogP contribution in [0.2, 0.25) is 5.02 Å². The van der Waals surface area contributed by atoms with Crippen LogP contribution in [0.1, 0.15) is 19.8 Å². The van der Waals surface area contributed by atoms with Crippen molar-refractivity contribution in [3.05, 3.63) is 23.0 Å². The molecule has 4 nitrogen and oxygen atoms in total. The maximum absolute atomic E-state index is 13.5. The summed E-state index contributed by atoms with van der Waals surface area (Å²) in [6.45, 7) is 2.88. The molecule has 1 aromatic carbocycles. The van der Waals surface area contributed by atoms with Crippen LogP contribution in [-0.2, 0) is 6.54 Å². The minimum absolute atomic E-state index is 0.0989. The van der Waals surface area contributed by atoms with Crippen LogP contribution < -0.4 is 5.73 Å². The van der Waals surface area contributed by atoms with Gasteiger partial charge in [-0.1, -0.05) is 11.6 Å². The van der Waals surface area contributed by atoms with E-state index in [1.165, 1.54) is 18.9 Å². The number of rotatable bonds is 4. The van der Waals surface area contributed by atoms with E-state index in [1.807, 2.05) is 4.57 Å². The van der Waals surface area contributed by atoms with E-state index in [2.05, 4.69) is 23.9 Å². The second kappa shape index (κ2) is 4.90. The summed E-state index contributed by atoms with van der Waals surface area (Å²) < 4.78 is 15.4. The molecule has 0 aliphatic heterocycles. The highest BCUT2D eigenvalue weighted by Gasteiger charge is 2.29. The second-order valence-corrected chi connectivity index (χ2v) is 5.99. The molecule has 1 aromatic heterocycles. The number of anilines is 1. The van der Waals surface area contributed by atoms with Gasteiger partial charge in [-0.2, -0.15) is 0 Å². The molecule has 1 fully saturated rings. The first-order valence-electron chi connectivity index (χ1n) is 6.80. The van der Waals surface area contributed by atoms with Crippen molar-refractivity contribution in [1.29, 1.82) is 0 Å². The Morgan fingerprint density at radius 1 is 1.55 bits per heavy atom. The average Bonchev–Trinajstić information content (AvgIpc) is 3.19. The van der Waals surface area contributed by atoms with Gasteiger partial charge in [0.1, 0.15) is 5.82 Å². The van der Waals surface area contributed by atoms with Gasteiger partial charge in [-0.25, -0.2) is 9.37 Å². The van der Waals surface area contributed by atoms with Crippen LogP contribution in [0.4, 0.5) is 10.3 Å². The monoisotopic (exact) mass is 296 g/mol. The number of aromatic nitrogens is 2. The number of benzene rings is 1. The molecule has 2 N–H and O–H groups in total. The average molecular weight is 297 g/mol. The maximum Gasteiger partial charge on any atom is 0.201 e. The van der Waals surface area contributed by atoms with Gasteiger partial charge in [0, 0.05) is 24.7 Å². The molecule has 6 heteroatoms. The molecule has 0 spiro atoms. The fourth-order valence-corrected chi connectivity index (χ4v) is 2.72. The SMILES string of the molecule is CC(Cn1c(N)nc2cc(F)c(Cl)cc21)N(C)C1CC1. The molecule has 3 rings (SSSR count). The smallest absolute Gasteiger partial charge is 0.201 e. The predicted octanol–water partition coefficient (Wildman–Crippen LogP) is 2.89. The van der Waals surface area contributed by atoms with E-state index in [0.717, 1.165) is 12.1 Å². The van der Waals surface area contributed by atoms with Gasteiger partial charge in [-0.3, -0.25) is 4.90 Å². The largest absolute Gasteiger partial charge is 0.369 e. The molecule has 1 heterocycles. The zero-order chi connectivity index (χ0) is 14.4. The Balaban J connectivity index is 1.93. The fraction of sp³-hybridized carbons (Fsp3) is 0.500. The zero-order valence-electron chi connectivity index (χ0n) is 11.6. The van der Waals surface area contributed by atoms with Crippen molar-refractivity contribution in [2.45, 2.75) is 38.4 Å². The van der Waals surface area contributed by atoms with Crippen molar-refractivity contribution in [3.8, 4) is 0 Å². The van der Waals surface area contributed by atoms with E-state index in [0.29, 0.717) is 23.5 Å². The summed E-state index contributed by atoms with van der Waals surface area (Å²) in [5, 5.41) is 0.0989. The molecule has 1 aliphatic carbocycles. The standard InChI is InChI=1S/C14H18ClFN4/c1-8(19(2)9-3-4-9)7-20-13-5-10(15)11(16)6-12(13)18-14(20)17/h5-6,8-9H,3-4,7H2,1-2H3,(H2,17,18). The Kier molecular flexibility index (Phi) is 3.34. The molecule has 1 aliphatic rings. The van der Waals surface area contributed by atoms with Crippen LogP contribution in [0.25, 0.3) is 11.0 Å². The molecule has 2 aromatic rings. The number of nitrogens with two attached hydrogens (primary N) is 1. The second-order valence-electron chi connectivity index (χ2n) is 5.58. The highest BCUT2D eigenvalue weighted by molar-refractivity contribution is 6.31. The quantitative estimate of drug-likeness (QED) is 0.944. The van der Waals surface area contributed by atoms with E-state index in [4.69, 9.17) is 17.3 Å². The molecule has 0 saturated heterocycles. The fourth-order valence-electron chi connectivity index (χ4n) is 2.57. The number of hydrogen-bond donors (Lipinski definition) is 1. The molecular weight excluding hydrogens is 279 g/mol. The molecule has 0 bridgehead atoms. The van der Waals surface area contributed by atoms with E-state index in [-0.39, 0.29) is 5.02 Å². The van der Waals surface area contributed by atoms with Gasteiger partial charge >= 0.3 is 0 Å². The number of nitrogen functional groups attached to an aromatic ring is 1. The summed E-state index contributed by atoms with van der Waals surface area (Å²) in [5.41, 5.74) is 7.29. The lowest BCUT2D eigenvalue weighted by molar-refractivity contribution is 0.228. The number of halogens is 2. The highest BCUT2D eigenvalue weighted by Crippen LogP contribution is 2.29. The van der Waals surface area contributed by atoms with Gasteiger partial charge in [0.15, 0.2) is 0 Å². The van der Waals surface area contributed by atoms with Gasteiger partial charge in [-0.15, -0.1) is 0 Å². The summed E-state index contributed by atoms with van der Waals surface area (Å²) in [6, 6.07) is 3.95. The van der Waals surface area contributed by atoms with E-state index in [1.54, 1.807) is 6.07 Å². The van der Waals surface area contributed by atoms with Crippen molar-refractivity contribution in [3.63, 3.8) is 0 Å². The van der Waals surface area contributed by atoms with Gasteiger partial charge in [-0.05, 0) is 32.9 Å². The Bertz CT molecular complexity index is 650. The Labute approximate surface area is 122 Å². The first-order chi connectivity index (χ1) is 9.47. The Morgan fingerprint density at radius 3 is 2.90 bits per heavy atom. The first kappa shape index (κ1) is 13.6. The molecule has 1 saturated carbocycles. The minimum Gasteiger partial charge on any atom is -0.369 e. The van der Waals surface area contributed by atoms with Crippen molar-refractivity contribution in [2.24, 2.45) is 0 Å². The lowest BCUT2D eigenvalue weighted by Gasteiger charge is -2.25. The van der Waals surface area contributed by atoms with Crippen LogP contribution in [-0.4, -0.2) is 33.6 Å². The summed E-state index contributed by atoms with van der Waals surface area (Å²) in [4.78, 5) is 6.57. The van der Waals surface area contributed by atoms with E-state index >= 15 is 0 Å². The van der Waals surface area contributed by atoms with Gasteiger partial charge < -0.3 is 10.3 Å². The first-order valence-corrected chi connectivity index (χ1v) is 7.18. The lowest BCUT2D eigenvalue weighted by atomic mass is 10.2. The summed E-state index contributed by atoms with van der Waals surface area (Å²) in [7, 11) is 2.13. The molecular formula is C14H18ClFN4. The topological polar surface area (TPSA) is 47.1 Å². The third-order valence-corrected chi connectivity index (χ3v) is 4.37. The van der Waals surface area contributed by atoms with Crippen LogP contribution in [0, 0.1) is 5.82 Å². The van der Waals surface area contributed by atoms with Crippen LogP contribution in [0.15, 0.2) is 12.1 Å². The molecule has 1 unspecified atom stereocenters. The van der Waals surface area contributed by atoms with Crippen LogP contribution >= 0.6 is 11.6 Å². The van der Waals surface area contributed by atoms with Gasteiger partial charge in [0.2, 0.25) is 5.95 Å². The number of nitrogens with zero attached hydrogens (tertiary/aromatic N) is 3. The molecule has 20 heavy (non-hydrogen) atoms. The van der Waals surface area contributed by atoms with E-state index < -0.39 is 5.82 Å². The van der Waals surface area contributed by atoms with Gasteiger partial charge in [0.25, 0.3) is 0 Å². The lowest BCUT2D eigenvalue weighted by Crippen LogP contribution is -2.34. The molecule has 108 valence electrons. The molecule has 1 atom stereocenters. The van der Waals surface area contributed by atoms with Crippen LogP contribution in [0.3, 0.4) is 0 Å². The normalized spacial score (nSPS) is 17.1. The zero-order valence-corrected chi connectivity index (χ0v) is 12.4. The number of imidazole rings is 1. The summed E-state index contributed by atoms with van der Waals surface area (Å²) >= 11 is 5.86. The van der Waals surface area contributed by atoms with Crippen molar-refractivity contribution >= 4 is 28.6 Å². The number of hydrogen-bond acceptors (Lipinski definition) is 3. The third-order valence-electron chi connectivity index (χ3n) is 4.08. The highest BCUT2D eigenvalue weighted by atomic mass is 35.5. The summed E-state index contributed by atoms with van der Waals surface area (Å²) in [5.74, 6) is -0.0651. The number of likely N-dealkylation sites (N-methyl/N-ethyl adjacent to an activating group) is 1. The van der Waals surface area contributed by atoms with Gasteiger partial charge in [0.05, 0.1) is 16.1 Å². The predicted molar refractivity (Wildman–Crippen MR) is 79.4 cm³/mol. The molecule has 0 amide bonds. The van der Waals surface area contributed by atoms with Crippen molar-refractivity contribution in [1.82, 2.24) is 14.5 Å².